The van der Waals surface area contributed by atoms with Gasteiger partial charge in [0.1, 0.15) is 12.4 Å². The minimum Gasteiger partial charge on any atom is -0.490 e. The molecule has 0 unspecified atom stereocenters. The van der Waals surface area contributed by atoms with E-state index in [1.165, 1.54) is 0 Å². The number of imidazole rings is 1. The molecule has 3 rings (SSSR count). The number of anilines is 2. The minimum absolute atomic E-state index is 0.127. The zero-order valence-electron chi connectivity index (χ0n) is 14.5. The van der Waals surface area contributed by atoms with Gasteiger partial charge in [-0.2, -0.15) is 0 Å². The second-order valence-electron chi connectivity index (χ2n) is 6.55. The van der Waals surface area contributed by atoms with E-state index in [4.69, 9.17) is 4.74 Å². The van der Waals surface area contributed by atoms with Gasteiger partial charge in [0, 0.05) is 25.4 Å². The van der Waals surface area contributed by atoms with Crippen LogP contribution in [-0.2, 0) is 11.3 Å². The van der Waals surface area contributed by atoms with Gasteiger partial charge >= 0.3 is 0 Å². The highest BCUT2D eigenvalue weighted by molar-refractivity contribution is 5.93. The summed E-state index contributed by atoms with van der Waals surface area (Å²) in [6, 6.07) is 5.92. The highest BCUT2D eigenvalue weighted by atomic mass is 16.5. The van der Waals surface area contributed by atoms with E-state index in [-0.39, 0.29) is 5.91 Å². The number of hydrogen-bond acceptors (Lipinski definition) is 4. The van der Waals surface area contributed by atoms with E-state index in [1.54, 1.807) is 11.2 Å². The maximum atomic E-state index is 12.3. The number of carbonyl (C=O) groups excluding carboxylic acids is 1. The lowest BCUT2D eigenvalue weighted by molar-refractivity contribution is -0.119. The van der Waals surface area contributed by atoms with E-state index < -0.39 is 0 Å². The van der Waals surface area contributed by atoms with Crippen LogP contribution >= 0.6 is 0 Å². The third-order valence-corrected chi connectivity index (χ3v) is 4.16. The molecule has 6 nitrogen and oxygen atoms in total. The summed E-state index contributed by atoms with van der Waals surface area (Å²) in [6.07, 6.45) is 4.06. The minimum atomic E-state index is 0.127. The number of nitrogens with one attached hydrogen (secondary N) is 1. The van der Waals surface area contributed by atoms with Gasteiger partial charge < -0.3 is 19.5 Å². The van der Waals surface area contributed by atoms with Crippen LogP contribution in [-0.4, -0.2) is 36.1 Å². The van der Waals surface area contributed by atoms with Crippen molar-refractivity contribution >= 4 is 17.3 Å². The Labute approximate surface area is 142 Å². The Morgan fingerprint density at radius 3 is 3.00 bits per heavy atom. The van der Waals surface area contributed by atoms with Crippen molar-refractivity contribution in [2.75, 3.05) is 30.0 Å². The highest BCUT2D eigenvalue weighted by Gasteiger charge is 2.21. The van der Waals surface area contributed by atoms with Gasteiger partial charge in [-0.15, -0.1) is 0 Å². The summed E-state index contributed by atoms with van der Waals surface area (Å²) >= 11 is 0. The molecule has 0 aliphatic carbocycles. The largest absolute Gasteiger partial charge is 0.490 e. The molecule has 1 aliphatic heterocycles. The van der Waals surface area contributed by atoms with Gasteiger partial charge in [0.2, 0.25) is 5.91 Å². The van der Waals surface area contributed by atoms with Crippen LogP contribution in [0.4, 0.5) is 11.4 Å². The van der Waals surface area contributed by atoms with Crippen molar-refractivity contribution in [2.45, 2.75) is 26.8 Å². The van der Waals surface area contributed by atoms with Crippen LogP contribution in [0.5, 0.6) is 5.75 Å². The summed E-state index contributed by atoms with van der Waals surface area (Å²) in [5, 5.41) is 0. The van der Waals surface area contributed by atoms with Gasteiger partial charge in [0.15, 0.2) is 0 Å². The maximum Gasteiger partial charge on any atom is 0.226 e. The first kappa shape index (κ1) is 16.4. The van der Waals surface area contributed by atoms with Gasteiger partial charge in [-0.05, 0) is 24.1 Å². The fourth-order valence-electron chi connectivity index (χ4n) is 2.84. The Kier molecular flexibility index (Phi) is 4.74. The summed E-state index contributed by atoms with van der Waals surface area (Å²) in [6.45, 7) is 6.31. The lowest BCUT2D eigenvalue weighted by Gasteiger charge is -2.32. The lowest BCUT2D eigenvalue weighted by atomic mass is 10.1. The molecule has 0 spiro atoms. The Balaban J connectivity index is 1.83. The van der Waals surface area contributed by atoms with Crippen molar-refractivity contribution in [2.24, 2.45) is 5.92 Å². The normalized spacial score (nSPS) is 13.6. The molecular formula is C18H24N4O2. The third kappa shape index (κ3) is 3.53. The number of benzene rings is 1. The first-order valence-electron chi connectivity index (χ1n) is 8.30. The highest BCUT2D eigenvalue weighted by Crippen LogP contribution is 2.36. The molecule has 0 atom stereocenters. The van der Waals surface area contributed by atoms with Gasteiger partial charge in [-0.3, -0.25) is 4.79 Å². The van der Waals surface area contributed by atoms with Crippen molar-refractivity contribution in [3.05, 3.63) is 36.4 Å². The number of carbonyl (C=O) groups is 1. The molecule has 0 saturated carbocycles. The average Bonchev–Trinajstić information content (AvgIpc) is 3.06. The molecule has 6 heteroatoms. The number of aromatic amines is 1. The Morgan fingerprint density at radius 2 is 2.29 bits per heavy atom. The van der Waals surface area contributed by atoms with E-state index in [1.807, 2.05) is 31.4 Å². The average molecular weight is 328 g/mol. The molecule has 1 amide bonds. The van der Waals surface area contributed by atoms with E-state index in [0.29, 0.717) is 18.9 Å². The monoisotopic (exact) mass is 328 g/mol. The van der Waals surface area contributed by atoms with Crippen LogP contribution < -0.4 is 14.5 Å². The van der Waals surface area contributed by atoms with Crippen LogP contribution in [0.3, 0.4) is 0 Å². The quantitative estimate of drug-likeness (QED) is 0.917. The molecule has 0 radical (unpaired) electrons. The molecular weight excluding hydrogens is 304 g/mol. The van der Waals surface area contributed by atoms with Crippen LogP contribution in [0.25, 0.3) is 0 Å². The zero-order chi connectivity index (χ0) is 17.1. The number of hydrogen-bond donors (Lipinski definition) is 1. The number of ether oxygens (including phenoxy) is 1. The standard InChI is InChI=1S/C18H24N4O2/c1-13(2)8-18(23)21(3)15-4-5-17-16(9-15)22(6-7-24-17)11-14-10-19-12-20-14/h4-5,9-10,12-13H,6-8,11H2,1-3H3,(H,19,20). The molecule has 0 saturated heterocycles. The van der Waals surface area contributed by atoms with Crippen LogP contribution in [0.15, 0.2) is 30.7 Å². The Morgan fingerprint density at radius 1 is 1.46 bits per heavy atom. The van der Waals surface area contributed by atoms with Crippen LogP contribution in [0, 0.1) is 5.92 Å². The van der Waals surface area contributed by atoms with Crippen molar-refractivity contribution in [1.82, 2.24) is 9.97 Å². The first-order valence-corrected chi connectivity index (χ1v) is 8.30. The smallest absolute Gasteiger partial charge is 0.226 e. The maximum absolute atomic E-state index is 12.3. The second-order valence-corrected chi connectivity index (χ2v) is 6.55. The molecule has 1 aliphatic rings. The molecule has 0 fully saturated rings. The topological polar surface area (TPSA) is 61.5 Å². The number of rotatable bonds is 5. The van der Waals surface area contributed by atoms with Crippen molar-refractivity contribution in [1.29, 1.82) is 0 Å². The molecule has 0 bridgehead atoms. The number of nitrogens with zero attached hydrogens (tertiary/aromatic N) is 3. The molecule has 1 aromatic heterocycles. The number of fused-ring (bicyclic) bond motifs is 1. The SMILES string of the molecule is CC(C)CC(=O)N(C)c1ccc2c(c1)N(Cc1cnc[nH]1)CCO2. The van der Waals surface area contributed by atoms with Gasteiger partial charge in [0.25, 0.3) is 0 Å². The summed E-state index contributed by atoms with van der Waals surface area (Å²) in [7, 11) is 1.83. The third-order valence-electron chi connectivity index (χ3n) is 4.16. The number of amides is 1. The molecule has 2 aromatic rings. The van der Waals surface area contributed by atoms with Gasteiger partial charge in [-0.25, -0.2) is 4.98 Å². The zero-order valence-corrected chi connectivity index (χ0v) is 14.5. The Hall–Kier alpha value is -2.50. The van der Waals surface area contributed by atoms with E-state index in [0.717, 1.165) is 35.9 Å². The first-order chi connectivity index (χ1) is 11.5. The van der Waals surface area contributed by atoms with Crippen molar-refractivity contribution in [3.63, 3.8) is 0 Å². The van der Waals surface area contributed by atoms with E-state index in [9.17, 15) is 4.79 Å². The van der Waals surface area contributed by atoms with Crippen LogP contribution in [0.1, 0.15) is 26.0 Å². The van der Waals surface area contributed by atoms with Crippen molar-refractivity contribution in [3.8, 4) is 5.75 Å². The predicted molar refractivity (Wildman–Crippen MR) is 94.4 cm³/mol. The van der Waals surface area contributed by atoms with E-state index >= 15 is 0 Å². The molecule has 24 heavy (non-hydrogen) atoms. The van der Waals surface area contributed by atoms with Crippen molar-refractivity contribution < 1.29 is 9.53 Å². The molecule has 128 valence electrons. The molecule has 1 N–H and O–H groups in total. The summed E-state index contributed by atoms with van der Waals surface area (Å²) in [4.78, 5) is 23.5. The summed E-state index contributed by atoms with van der Waals surface area (Å²) in [5.41, 5.74) is 2.95. The fraction of sp³-hybridized carbons (Fsp3) is 0.444. The number of aromatic nitrogens is 2. The number of H-pyrrole nitrogens is 1. The second kappa shape index (κ2) is 6.95. The van der Waals surface area contributed by atoms with Crippen LogP contribution in [0.2, 0.25) is 0 Å². The van der Waals surface area contributed by atoms with E-state index in [2.05, 4.69) is 28.7 Å². The summed E-state index contributed by atoms with van der Waals surface area (Å²) in [5.74, 6) is 1.33. The van der Waals surface area contributed by atoms with Gasteiger partial charge in [0.05, 0.1) is 30.8 Å². The van der Waals surface area contributed by atoms with Gasteiger partial charge in [-0.1, -0.05) is 13.8 Å². The fourth-order valence-corrected chi connectivity index (χ4v) is 2.84. The predicted octanol–water partition coefficient (Wildman–Crippen LogP) is 2.82. The Bertz CT molecular complexity index is 697. The molecule has 2 heterocycles. The molecule has 1 aromatic carbocycles. The lowest BCUT2D eigenvalue weighted by Crippen LogP contribution is -2.33. The summed E-state index contributed by atoms with van der Waals surface area (Å²) < 4.78 is 5.76.